The summed E-state index contributed by atoms with van der Waals surface area (Å²) < 4.78 is 11.4. The Morgan fingerprint density at radius 1 is 1.26 bits per heavy atom. The van der Waals surface area contributed by atoms with Crippen molar-refractivity contribution in [2.45, 2.75) is 45.8 Å². The van der Waals surface area contributed by atoms with Crippen LogP contribution in [0.4, 0.5) is 0 Å². The number of ether oxygens (including phenoxy) is 2. The highest BCUT2D eigenvalue weighted by molar-refractivity contribution is 7.09. The zero-order chi connectivity index (χ0) is 21.5. The summed E-state index contributed by atoms with van der Waals surface area (Å²) in [6, 6.07) is 8.02. The molecular formula is C24H33N3O3S. The Balaban J connectivity index is 1.36. The first-order valence-corrected chi connectivity index (χ1v) is 12.3. The number of hydrogen-bond donors (Lipinski definition) is 0. The average molecular weight is 444 g/mol. The number of para-hydroxylation sites is 1. The first kappa shape index (κ1) is 22.2. The van der Waals surface area contributed by atoms with Gasteiger partial charge in [-0.2, -0.15) is 0 Å². The molecule has 0 spiro atoms. The van der Waals surface area contributed by atoms with Gasteiger partial charge in [0.25, 0.3) is 0 Å². The fourth-order valence-corrected chi connectivity index (χ4v) is 5.02. The highest BCUT2D eigenvalue weighted by Gasteiger charge is 2.28. The molecule has 1 saturated heterocycles. The fraction of sp³-hybridized carbons (Fsp3) is 0.583. The van der Waals surface area contributed by atoms with E-state index in [9.17, 15) is 4.79 Å². The van der Waals surface area contributed by atoms with E-state index in [0.29, 0.717) is 19.1 Å². The third kappa shape index (κ3) is 6.28. The van der Waals surface area contributed by atoms with Crippen molar-refractivity contribution in [2.75, 3.05) is 39.4 Å². The minimum Gasteiger partial charge on any atom is -0.486 e. The Hall–Kier alpha value is -1.96. The molecule has 1 aromatic heterocycles. The smallest absolute Gasteiger partial charge is 0.226 e. The lowest BCUT2D eigenvalue weighted by atomic mass is 10.1. The molecule has 4 rings (SSSR count). The Morgan fingerprint density at radius 3 is 2.81 bits per heavy atom. The summed E-state index contributed by atoms with van der Waals surface area (Å²) in [4.78, 5) is 22.4. The van der Waals surface area contributed by atoms with E-state index >= 15 is 0 Å². The number of carbonyl (C=O) groups is 1. The Bertz CT molecular complexity index is 844. The fourth-order valence-electron chi connectivity index (χ4n) is 4.33. The summed E-state index contributed by atoms with van der Waals surface area (Å²) in [5.41, 5.74) is 2.08. The van der Waals surface area contributed by atoms with E-state index in [-0.39, 0.29) is 5.92 Å². The first-order chi connectivity index (χ1) is 15.2. The van der Waals surface area contributed by atoms with Gasteiger partial charge >= 0.3 is 0 Å². The summed E-state index contributed by atoms with van der Waals surface area (Å²) in [5, 5.41) is 3.01. The van der Waals surface area contributed by atoms with Crippen molar-refractivity contribution in [1.29, 1.82) is 0 Å². The number of morpholine rings is 1. The van der Waals surface area contributed by atoms with Gasteiger partial charge < -0.3 is 14.4 Å². The summed E-state index contributed by atoms with van der Waals surface area (Å²) in [7, 11) is 0. The molecule has 0 bridgehead atoms. The molecule has 1 saturated carbocycles. The van der Waals surface area contributed by atoms with Crippen LogP contribution in [0.1, 0.15) is 41.9 Å². The summed E-state index contributed by atoms with van der Waals surface area (Å²) in [6.07, 6.45) is 4.40. The van der Waals surface area contributed by atoms with Crippen molar-refractivity contribution >= 4 is 17.2 Å². The zero-order valence-electron chi connectivity index (χ0n) is 18.4. The van der Waals surface area contributed by atoms with Gasteiger partial charge in [0.05, 0.1) is 25.5 Å². The highest BCUT2D eigenvalue weighted by atomic mass is 32.1. The van der Waals surface area contributed by atoms with E-state index in [1.807, 2.05) is 36.1 Å². The standard InChI is InChI=1S/C24H33N3O3S/c1-19-6-2-5-9-22(19)30-17-23-25-21(18-31-23)16-27(24(28)20-7-3-4-8-20)11-10-26-12-14-29-15-13-26/h2,5-6,9,18,20H,3-4,7-8,10-17H2,1H3. The molecule has 7 heteroatoms. The number of benzene rings is 1. The van der Waals surface area contributed by atoms with E-state index < -0.39 is 0 Å². The number of hydrogen-bond acceptors (Lipinski definition) is 6. The minimum absolute atomic E-state index is 0.187. The van der Waals surface area contributed by atoms with Crippen molar-refractivity contribution in [3.05, 3.63) is 45.9 Å². The zero-order valence-corrected chi connectivity index (χ0v) is 19.2. The highest BCUT2D eigenvalue weighted by Crippen LogP contribution is 2.27. The number of nitrogens with zero attached hydrogens (tertiary/aromatic N) is 3. The number of thiazole rings is 1. The van der Waals surface area contributed by atoms with E-state index in [2.05, 4.69) is 10.3 Å². The van der Waals surface area contributed by atoms with Gasteiger partial charge in [-0.1, -0.05) is 31.0 Å². The molecule has 2 aliphatic rings. The summed E-state index contributed by atoms with van der Waals surface area (Å²) in [5.74, 6) is 1.38. The quantitative estimate of drug-likeness (QED) is 0.589. The van der Waals surface area contributed by atoms with Crippen molar-refractivity contribution in [3.8, 4) is 5.75 Å². The van der Waals surface area contributed by atoms with Crippen LogP contribution in [0.25, 0.3) is 0 Å². The van der Waals surface area contributed by atoms with Crippen molar-refractivity contribution in [1.82, 2.24) is 14.8 Å². The molecule has 2 aromatic rings. The molecule has 1 amide bonds. The molecule has 1 aliphatic carbocycles. The second kappa shape index (κ2) is 11.1. The van der Waals surface area contributed by atoms with Crippen LogP contribution in [0.2, 0.25) is 0 Å². The molecule has 2 fully saturated rings. The van der Waals surface area contributed by atoms with Gasteiger partial charge in [-0.05, 0) is 31.4 Å². The molecule has 6 nitrogen and oxygen atoms in total. The maximum absolute atomic E-state index is 13.2. The van der Waals surface area contributed by atoms with E-state index in [0.717, 1.165) is 74.2 Å². The third-order valence-electron chi connectivity index (χ3n) is 6.20. The van der Waals surface area contributed by atoms with Crippen LogP contribution in [0.15, 0.2) is 29.6 Å². The van der Waals surface area contributed by atoms with Gasteiger partial charge in [-0.3, -0.25) is 9.69 Å². The first-order valence-electron chi connectivity index (χ1n) is 11.4. The van der Waals surface area contributed by atoms with Crippen LogP contribution in [-0.4, -0.2) is 60.1 Å². The Morgan fingerprint density at radius 2 is 2.03 bits per heavy atom. The van der Waals surface area contributed by atoms with Gasteiger partial charge in [-0.25, -0.2) is 4.98 Å². The van der Waals surface area contributed by atoms with Gasteiger partial charge in [0.1, 0.15) is 17.4 Å². The maximum atomic E-state index is 13.2. The lowest BCUT2D eigenvalue weighted by molar-refractivity contribution is -0.136. The summed E-state index contributed by atoms with van der Waals surface area (Å²) in [6.45, 7) is 8.20. The van der Waals surface area contributed by atoms with Crippen LogP contribution < -0.4 is 4.74 Å². The van der Waals surface area contributed by atoms with Crippen LogP contribution >= 0.6 is 11.3 Å². The summed E-state index contributed by atoms with van der Waals surface area (Å²) >= 11 is 1.61. The topological polar surface area (TPSA) is 54.9 Å². The number of aryl methyl sites for hydroxylation is 1. The number of aromatic nitrogens is 1. The SMILES string of the molecule is Cc1ccccc1OCc1nc(CN(CCN2CCOCC2)C(=O)C2CCCC2)cs1. The van der Waals surface area contributed by atoms with Gasteiger partial charge in [0, 0.05) is 37.5 Å². The molecule has 2 heterocycles. The average Bonchev–Trinajstić information content (AvgIpc) is 3.49. The molecule has 1 aliphatic heterocycles. The van der Waals surface area contributed by atoms with Crippen molar-refractivity contribution in [3.63, 3.8) is 0 Å². The largest absolute Gasteiger partial charge is 0.486 e. The molecule has 31 heavy (non-hydrogen) atoms. The second-order valence-corrected chi connectivity index (χ2v) is 9.42. The Labute approximate surface area is 189 Å². The van der Waals surface area contributed by atoms with Gasteiger partial charge in [-0.15, -0.1) is 11.3 Å². The van der Waals surface area contributed by atoms with Gasteiger partial charge in [0.2, 0.25) is 5.91 Å². The predicted molar refractivity (Wildman–Crippen MR) is 122 cm³/mol. The van der Waals surface area contributed by atoms with Gasteiger partial charge in [0.15, 0.2) is 0 Å². The molecule has 1 aromatic carbocycles. The monoisotopic (exact) mass is 443 g/mol. The molecular weight excluding hydrogens is 410 g/mol. The maximum Gasteiger partial charge on any atom is 0.226 e. The second-order valence-electron chi connectivity index (χ2n) is 8.48. The van der Waals surface area contributed by atoms with E-state index in [1.165, 1.54) is 12.8 Å². The van der Waals surface area contributed by atoms with Crippen LogP contribution in [-0.2, 0) is 22.7 Å². The van der Waals surface area contributed by atoms with Crippen molar-refractivity contribution in [2.24, 2.45) is 5.92 Å². The van der Waals surface area contributed by atoms with Crippen molar-refractivity contribution < 1.29 is 14.3 Å². The molecule has 0 N–H and O–H groups in total. The van der Waals surface area contributed by atoms with Crippen LogP contribution in [0.3, 0.4) is 0 Å². The molecule has 0 atom stereocenters. The molecule has 168 valence electrons. The normalized spacial score (nSPS) is 17.7. The number of rotatable bonds is 9. The number of amides is 1. The van der Waals surface area contributed by atoms with E-state index in [4.69, 9.17) is 14.5 Å². The lowest BCUT2D eigenvalue weighted by Crippen LogP contribution is -2.44. The van der Waals surface area contributed by atoms with Crippen LogP contribution in [0, 0.1) is 12.8 Å². The number of carbonyl (C=O) groups excluding carboxylic acids is 1. The lowest BCUT2D eigenvalue weighted by Gasteiger charge is -2.31. The predicted octanol–water partition coefficient (Wildman–Crippen LogP) is 3.88. The van der Waals surface area contributed by atoms with Crippen LogP contribution in [0.5, 0.6) is 5.75 Å². The van der Waals surface area contributed by atoms with E-state index in [1.54, 1.807) is 11.3 Å². The Kier molecular flexibility index (Phi) is 7.94. The minimum atomic E-state index is 0.187. The molecule has 0 unspecified atom stereocenters. The third-order valence-corrected chi connectivity index (χ3v) is 7.07. The molecule has 0 radical (unpaired) electrons.